The van der Waals surface area contributed by atoms with Gasteiger partial charge in [0, 0.05) is 35.8 Å². The molecule has 2 fully saturated rings. The van der Waals surface area contributed by atoms with Gasteiger partial charge in [-0.15, -0.1) is 0 Å². The number of aliphatic hydroxyl groups is 3. The molecule has 0 aromatic carbocycles. The van der Waals surface area contributed by atoms with E-state index in [1.54, 1.807) is 13.8 Å². The summed E-state index contributed by atoms with van der Waals surface area (Å²) in [7, 11) is 0. The van der Waals surface area contributed by atoms with Crippen molar-refractivity contribution < 1.29 is 34.4 Å². The van der Waals surface area contributed by atoms with Crippen LogP contribution in [0.1, 0.15) is 47.0 Å². The van der Waals surface area contributed by atoms with Crippen LogP contribution in [0.2, 0.25) is 0 Å². The lowest BCUT2D eigenvalue weighted by atomic mass is 9.49. The number of fused-ring (bicyclic) bond motifs is 2. The molecule has 0 aromatic heterocycles. The smallest absolute Gasteiger partial charge is 0.336 e. The van der Waals surface area contributed by atoms with Crippen LogP contribution in [0.3, 0.4) is 0 Å². The zero-order valence-electron chi connectivity index (χ0n) is 14.3. The first-order chi connectivity index (χ1) is 11.0. The summed E-state index contributed by atoms with van der Waals surface area (Å²) in [6, 6.07) is 0. The fourth-order valence-corrected chi connectivity index (χ4v) is 4.80. The Bertz CT molecular complexity index is 641. The normalized spacial score (nSPS) is 47.8. The molecule has 0 saturated heterocycles. The summed E-state index contributed by atoms with van der Waals surface area (Å²) in [6.07, 6.45) is -1.33. The Morgan fingerprint density at radius 3 is 2.58 bits per heavy atom. The van der Waals surface area contributed by atoms with Gasteiger partial charge in [0.2, 0.25) is 5.79 Å². The molecule has 1 heterocycles. The Balaban J connectivity index is 2.08. The van der Waals surface area contributed by atoms with Gasteiger partial charge in [0.05, 0.1) is 11.7 Å². The maximum Gasteiger partial charge on any atom is 0.336 e. The van der Waals surface area contributed by atoms with E-state index >= 15 is 0 Å². The van der Waals surface area contributed by atoms with E-state index < -0.39 is 40.9 Å². The maximum atomic E-state index is 11.9. The average molecular weight is 340 g/mol. The van der Waals surface area contributed by atoms with Gasteiger partial charge in [0.25, 0.3) is 0 Å². The van der Waals surface area contributed by atoms with E-state index in [1.807, 2.05) is 0 Å². The third kappa shape index (κ3) is 2.01. The number of esters is 2. The molecule has 6 unspecified atom stereocenters. The maximum absolute atomic E-state index is 11.9. The number of aliphatic hydroxyl groups excluding tert-OH is 1. The van der Waals surface area contributed by atoms with Crippen molar-refractivity contribution in [3.8, 4) is 0 Å². The predicted molar refractivity (Wildman–Crippen MR) is 81.4 cm³/mol. The van der Waals surface area contributed by atoms with E-state index in [-0.39, 0.29) is 29.9 Å². The minimum absolute atomic E-state index is 0.106. The third-order valence-electron chi connectivity index (χ3n) is 6.43. The van der Waals surface area contributed by atoms with Crippen LogP contribution < -0.4 is 0 Å². The van der Waals surface area contributed by atoms with Gasteiger partial charge >= 0.3 is 11.9 Å². The molecule has 2 aliphatic carbocycles. The quantitative estimate of drug-likeness (QED) is 0.593. The van der Waals surface area contributed by atoms with E-state index in [0.717, 1.165) is 0 Å². The summed E-state index contributed by atoms with van der Waals surface area (Å²) in [5.41, 5.74) is -2.28. The van der Waals surface area contributed by atoms with Gasteiger partial charge in [-0.2, -0.15) is 0 Å². The number of rotatable bonds is 1. The SMILES string of the molecule is CC(=O)OC1CCC2(O)CC3(O)OC(=O)C(C)=C3C(O)C2(C)C1C. The second kappa shape index (κ2) is 5.03. The summed E-state index contributed by atoms with van der Waals surface area (Å²) in [5.74, 6) is -3.47. The van der Waals surface area contributed by atoms with Crippen molar-refractivity contribution >= 4 is 11.9 Å². The van der Waals surface area contributed by atoms with Gasteiger partial charge in [-0.25, -0.2) is 4.79 Å². The molecule has 1 aliphatic heterocycles. The highest BCUT2D eigenvalue weighted by atomic mass is 16.7. The highest BCUT2D eigenvalue weighted by molar-refractivity contribution is 5.92. The van der Waals surface area contributed by atoms with Crippen LogP contribution in [0.4, 0.5) is 0 Å². The van der Waals surface area contributed by atoms with Gasteiger partial charge in [-0.1, -0.05) is 13.8 Å². The molecule has 24 heavy (non-hydrogen) atoms. The monoisotopic (exact) mass is 340 g/mol. The van der Waals surface area contributed by atoms with Crippen molar-refractivity contribution in [1.82, 2.24) is 0 Å². The molecule has 6 atom stereocenters. The molecule has 7 heteroatoms. The molecule has 0 aromatic rings. The second-order valence-electron chi connectivity index (χ2n) is 7.58. The molecule has 0 bridgehead atoms. The summed E-state index contributed by atoms with van der Waals surface area (Å²) in [5, 5.41) is 33.0. The zero-order chi connectivity index (χ0) is 18.1. The van der Waals surface area contributed by atoms with Crippen molar-refractivity contribution in [2.24, 2.45) is 11.3 Å². The minimum Gasteiger partial charge on any atom is -0.462 e. The molecule has 3 rings (SSSR count). The van der Waals surface area contributed by atoms with E-state index in [0.29, 0.717) is 6.42 Å². The number of ether oxygens (including phenoxy) is 2. The van der Waals surface area contributed by atoms with E-state index in [9.17, 15) is 24.9 Å². The fraction of sp³-hybridized carbons (Fsp3) is 0.765. The van der Waals surface area contributed by atoms with Crippen LogP contribution >= 0.6 is 0 Å². The van der Waals surface area contributed by atoms with Crippen molar-refractivity contribution in [1.29, 1.82) is 0 Å². The van der Waals surface area contributed by atoms with Crippen molar-refractivity contribution in [2.75, 3.05) is 0 Å². The van der Waals surface area contributed by atoms with Crippen LogP contribution in [0, 0.1) is 11.3 Å². The van der Waals surface area contributed by atoms with Crippen LogP contribution in [0.15, 0.2) is 11.1 Å². The van der Waals surface area contributed by atoms with Crippen molar-refractivity contribution in [3.63, 3.8) is 0 Å². The summed E-state index contributed by atoms with van der Waals surface area (Å²) < 4.78 is 10.4. The van der Waals surface area contributed by atoms with Gasteiger partial charge < -0.3 is 24.8 Å². The fourth-order valence-electron chi connectivity index (χ4n) is 4.80. The highest BCUT2D eigenvalue weighted by Gasteiger charge is 2.70. The first kappa shape index (κ1) is 17.4. The average Bonchev–Trinajstić information content (AvgIpc) is 2.68. The lowest BCUT2D eigenvalue weighted by Gasteiger charge is -2.61. The number of carbonyl (C=O) groups excluding carboxylic acids is 2. The summed E-state index contributed by atoms with van der Waals surface area (Å²) >= 11 is 0. The topological polar surface area (TPSA) is 113 Å². The highest BCUT2D eigenvalue weighted by Crippen LogP contribution is 2.61. The molecule has 0 amide bonds. The molecule has 2 saturated carbocycles. The Morgan fingerprint density at radius 2 is 2.00 bits per heavy atom. The van der Waals surface area contributed by atoms with Gasteiger partial charge in [0.15, 0.2) is 0 Å². The lowest BCUT2D eigenvalue weighted by molar-refractivity contribution is -0.283. The van der Waals surface area contributed by atoms with E-state index in [4.69, 9.17) is 9.47 Å². The molecule has 3 N–H and O–H groups in total. The Labute approximate surface area is 140 Å². The lowest BCUT2D eigenvalue weighted by Crippen LogP contribution is -2.70. The number of hydrogen-bond donors (Lipinski definition) is 3. The largest absolute Gasteiger partial charge is 0.462 e. The number of carbonyl (C=O) groups is 2. The standard InChI is InChI=1S/C17H24O7/c1-8-12-13(19)15(4)9(2)11(23-10(3)18)5-6-16(15,21)7-17(12,22)24-14(8)20/h9,11,13,19,21-22H,5-7H2,1-4H3. The molecular formula is C17H24O7. The van der Waals surface area contributed by atoms with Crippen LogP contribution in [-0.2, 0) is 19.1 Å². The van der Waals surface area contributed by atoms with Crippen LogP contribution in [0.25, 0.3) is 0 Å². The third-order valence-corrected chi connectivity index (χ3v) is 6.43. The molecular weight excluding hydrogens is 316 g/mol. The van der Waals surface area contributed by atoms with Crippen LogP contribution in [0.5, 0.6) is 0 Å². The number of hydrogen-bond acceptors (Lipinski definition) is 7. The van der Waals surface area contributed by atoms with Crippen molar-refractivity contribution in [2.45, 2.75) is 70.6 Å². The molecule has 134 valence electrons. The summed E-state index contributed by atoms with van der Waals surface area (Å²) in [4.78, 5) is 23.2. The zero-order valence-corrected chi connectivity index (χ0v) is 14.3. The Kier molecular flexibility index (Phi) is 3.64. The summed E-state index contributed by atoms with van der Waals surface area (Å²) in [6.45, 7) is 6.32. The van der Waals surface area contributed by atoms with Crippen LogP contribution in [-0.4, -0.2) is 50.9 Å². The molecule has 3 aliphatic rings. The van der Waals surface area contributed by atoms with E-state index in [2.05, 4.69) is 0 Å². The molecule has 0 spiro atoms. The predicted octanol–water partition coefficient (Wildman–Crippen LogP) is 0.412. The van der Waals surface area contributed by atoms with Gasteiger partial charge in [0.1, 0.15) is 6.10 Å². The van der Waals surface area contributed by atoms with E-state index in [1.165, 1.54) is 13.8 Å². The first-order valence-electron chi connectivity index (χ1n) is 8.21. The molecule has 7 nitrogen and oxygen atoms in total. The minimum atomic E-state index is -1.98. The molecule has 0 radical (unpaired) electrons. The van der Waals surface area contributed by atoms with Crippen molar-refractivity contribution in [3.05, 3.63) is 11.1 Å². The Morgan fingerprint density at radius 1 is 1.38 bits per heavy atom. The van der Waals surface area contributed by atoms with Gasteiger partial charge in [-0.3, -0.25) is 4.79 Å². The first-order valence-corrected chi connectivity index (χ1v) is 8.21. The van der Waals surface area contributed by atoms with Gasteiger partial charge in [-0.05, 0) is 19.8 Å². The second-order valence-corrected chi connectivity index (χ2v) is 7.58. The Hall–Kier alpha value is -1.44.